The van der Waals surface area contributed by atoms with Crippen molar-refractivity contribution in [3.63, 3.8) is 0 Å². The third-order valence-electron chi connectivity index (χ3n) is 4.46. The number of carbonyl (C=O) groups excluding carboxylic acids is 1. The molecule has 0 aliphatic carbocycles. The molecule has 3 aromatic carbocycles. The van der Waals surface area contributed by atoms with Gasteiger partial charge in [0, 0.05) is 10.7 Å². The zero-order valence-electron chi connectivity index (χ0n) is 16.4. The van der Waals surface area contributed by atoms with E-state index in [9.17, 15) is 9.59 Å². The lowest BCUT2D eigenvalue weighted by molar-refractivity contribution is -0.136. The number of benzene rings is 3. The van der Waals surface area contributed by atoms with E-state index in [1.54, 1.807) is 49.4 Å². The van der Waals surface area contributed by atoms with Gasteiger partial charge in [0.25, 0.3) is 5.91 Å². The molecule has 3 aromatic rings. The third kappa shape index (κ3) is 5.75. The summed E-state index contributed by atoms with van der Waals surface area (Å²) >= 11 is 12.0. The molecular weight excluding hydrogens is 444 g/mol. The Morgan fingerprint density at radius 3 is 2.52 bits per heavy atom. The first kappa shape index (κ1) is 22.6. The molecule has 8 heteroatoms. The lowest BCUT2D eigenvalue weighted by Crippen LogP contribution is -2.16. The highest BCUT2D eigenvalue weighted by Crippen LogP contribution is 2.29. The minimum absolute atomic E-state index is 0.0598. The minimum atomic E-state index is -0.959. The summed E-state index contributed by atoms with van der Waals surface area (Å²) < 4.78 is 20.5. The standard InChI is InChI=1S/C23H18Cl2FNO4/c1-13-9-14(11-20(28)29)5-7-18(13)27-23(30)21-17(25)6-8-19(22(21)26)31-12-15-3-2-4-16(24)10-15/h2-10H,11-12H2,1H3,(H,27,30)(H,28,29). The maximum Gasteiger partial charge on any atom is 0.307 e. The molecule has 0 atom stereocenters. The highest BCUT2D eigenvalue weighted by atomic mass is 35.5. The van der Waals surface area contributed by atoms with Gasteiger partial charge in [-0.05, 0) is 53.9 Å². The summed E-state index contributed by atoms with van der Waals surface area (Å²) in [5, 5.41) is 12.0. The van der Waals surface area contributed by atoms with Crippen LogP contribution in [0.25, 0.3) is 0 Å². The number of rotatable bonds is 7. The summed E-state index contributed by atoms with van der Waals surface area (Å²) in [6, 6.07) is 14.5. The van der Waals surface area contributed by atoms with Gasteiger partial charge in [-0.15, -0.1) is 0 Å². The molecule has 2 N–H and O–H groups in total. The Kier molecular flexibility index (Phi) is 7.15. The van der Waals surface area contributed by atoms with Crippen LogP contribution in [-0.2, 0) is 17.8 Å². The van der Waals surface area contributed by atoms with Crippen molar-refractivity contribution >= 4 is 40.8 Å². The number of nitrogens with one attached hydrogen (secondary N) is 1. The molecule has 0 spiro atoms. The van der Waals surface area contributed by atoms with E-state index in [1.165, 1.54) is 12.1 Å². The predicted octanol–water partition coefficient (Wildman–Crippen LogP) is 5.90. The molecule has 0 unspecified atom stereocenters. The second-order valence-electron chi connectivity index (χ2n) is 6.83. The van der Waals surface area contributed by atoms with Crippen molar-refractivity contribution < 1.29 is 23.8 Å². The van der Waals surface area contributed by atoms with E-state index >= 15 is 4.39 Å². The number of amides is 1. The summed E-state index contributed by atoms with van der Waals surface area (Å²) in [7, 11) is 0. The summed E-state index contributed by atoms with van der Waals surface area (Å²) in [5.74, 6) is -2.71. The van der Waals surface area contributed by atoms with E-state index in [0.717, 1.165) is 5.56 Å². The van der Waals surface area contributed by atoms with Gasteiger partial charge in [0.1, 0.15) is 6.61 Å². The van der Waals surface area contributed by atoms with E-state index < -0.39 is 17.7 Å². The van der Waals surface area contributed by atoms with E-state index in [1.807, 2.05) is 0 Å². The van der Waals surface area contributed by atoms with Gasteiger partial charge in [-0.2, -0.15) is 0 Å². The molecule has 31 heavy (non-hydrogen) atoms. The molecular formula is C23H18Cl2FNO4. The molecule has 0 fully saturated rings. The zero-order valence-corrected chi connectivity index (χ0v) is 17.9. The van der Waals surface area contributed by atoms with Crippen LogP contribution in [0.3, 0.4) is 0 Å². The number of carbonyl (C=O) groups is 2. The van der Waals surface area contributed by atoms with Gasteiger partial charge in [0.15, 0.2) is 11.6 Å². The van der Waals surface area contributed by atoms with E-state index in [-0.39, 0.29) is 29.4 Å². The molecule has 0 heterocycles. The maximum atomic E-state index is 15.0. The van der Waals surface area contributed by atoms with Crippen molar-refractivity contribution in [2.45, 2.75) is 20.0 Å². The van der Waals surface area contributed by atoms with Crippen molar-refractivity contribution in [3.05, 3.63) is 92.7 Å². The fourth-order valence-electron chi connectivity index (χ4n) is 2.98. The molecule has 0 aliphatic rings. The first-order valence-electron chi connectivity index (χ1n) is 9.22. The van der Waals surface area contributed by atoms with Crippen LogP contribution in [0, 0.1) is 12.7 Å². The first-order valence-corrected chi connectivity index (χ1v) is 9.98. The SMILES string of the molecule is Cc1cc(CC(=O)O)ccc1NC(=O)c1c(Cl)ccc(OCc2cccc(Cl)c2)c1F. The maximum absolute atomic E-state index is 15.0. The fraction of sp³-hybridized carbons (Fsp3) is 0.130. The van der Waals surface area contributed by atoms with Crippen LogP contribution in [0.1, 0.15) is 27.0 Å². The van der Waals surface area contributed by atoms with Crippen LogP contribution in [0.5, 0.6) is 5.75 Å². The Bertz CT molecular complexity index is 1150. The van der Waals surface area contributed by atoms with Crippen molar-refractivity contribution in [2.24, 2.45) is 0 Å². The molecule has 1 amide bonds. The lowest BCUT2D eigenvalue weighted by Gasteiger charge is -2.14. The van der Waals surface area contributed by atoms with Crippen LogP contribution in [0.2, 0.25) is 10.0 Å². The Labute approximate surface area is 188 Å². The molecule has 0 saturated heterocycles. The molecule has 5 nitrogen and oxygen atoms in total. The number of aliphatic carboxylic acids is 1. The average molecular weight is 462 g/mol. The van der Waals surface area contributed by atoms with Crippen LogP contribution in [0.4, 0.5) is 10.1 Å². The highest BCUT2D eigenvalue weighted by Gasteiger charge is 2.21. The van der Waals surface area contributed by atoms with E-state index in [4.69, 9.17) is 33.0 Å². The zero-order chi connectivity index (χ0) is 22.5. The summed E-state index contributed by atoms with van der Waals surface area (Å²) in [5.41, 5.74) is 2.03. The number of anilines is 1. The fourth-order valence-corrected chi connectivity index (χ4v) is 3.42. The number of hydrogen-bond acceptors (Lipinski definition) is 3. The minimum Gasteiger partial charge on any atom is -0.486 e. The van der Waals surface area contributed by atoms with Crippen LogP contribution in [0.15, 0.2) is 54.6 Å². The van der Waals surface area contributed by atoms with Crippen molar-refractivity contribution in [2.75, 3.05) is 5.32 Å². The number of hydrogen-bond donors (Lipinski definition) is 2. The van der Waals surface area contributed by atoms with Crippen LogP contribution >= 0.6 is 23.2 Å². The van der Waals surface area contributed by atoms with Crippen LogP contribution < -0.4 is 10.1 Å². The molecule has 0 bridgehead atoms. The number of carboxylic acids is 1. The van der Waals surface area contributed by atoms with Gasteiger partial charge in [-0.3, -0.25) is 9.59 Å². The molecule has 0 aromatic heterocycles. The predicted molar refractivity (Wildman–Crippen MR) is 118 cm³/mol. The smallest absolute Gasteiger partial charge is 0.307 e. The van der Waals surface area contributed by atoms with Gasteiger partial charge in [0.05, 0.1) is 17.0 Å². The quantitative estimate of drug-likeness (QED) is 0.459. The largest absolute Gasteiger partial charge is 0.486 e. The van der Waals surface area contributed by atoms with Crippen LogP contribution in [-0.4, -0.2) is 17.0 Å². The molecule has 160 valence electrons. The van der Waals surface area contributed by atoms with E-state index in [0.29, 0.717) is 21.8 Å². The Hall–Kier alpha value is -3.09. The number of carboxylic acid groups (broad SMARTS) is 1. The highest BCUT2D eigenvalue weighted by molar-refractivity contribution is 6.34. The first-order chi connectivity index (χ1) is 14.7. The summed E-state index contributed by atoms with van der Waals surface area (Å²) in [4.78, 5) is 23.6. The second kappa shape index (κ2) is 9.81. The Morgan fingerprint density at radius 1 is 1.06 bits per heavy atom. The topological polar surface area (TPSA) is 75.6 Å². The monoisotopic (exact) mass is 461 g/mol. The van der Waals surface area contributed by atoms with Crippen molar-refractivity contribution in [1.82, 2.24) is 0 Å². The molecule has 3 rings (SSSR count). The lowest BCUT2D eigenvalue weighted by atomic mass is 10.1. The van der Waals surface area contributed by atoms with E-state index in [2.05, 4.69) is 5.32 Å². The second-order valence-corrected chi connectivity index (χ2v) is 7.67. The number of ether oxygens (including phenoxy) is 1. The van der Waals surface area contributed by atoms with Gasteiger partial charge in [0.2, 0.25) is 0 Å². The van der Waals surface area contributed by atoms with Crippen molar-refractivity contribution in [1.29, 1.82) is 0 Å². The Balaban J connectivity index is 1.79. The molecule has 0 saturated carbocycles. The number of aryl methyl sites for hydroxylation is 1. The number of halogens is 3. The van der Waals surface area contributed by atoms with Crippen molar-refractivity contribution in [3.8, 4) is 5.75 Å². The van der Waals surface area contributed by atoms with Gasteiger partial charge >= 0.3 is 5.97 Å². The molecule has 0 radical (unpaired) electrons. The summed E-state index contributed by atoms with van der Waals surface area (Å²) in [6.45, 7) is 1.77. The molecule has 0 aliphatic heterocycles. The third-order valence-corrected chi connectivity index (χ3v) is 5.01. The van der Waals surface area contributed by atoms with Gasteiger partial charge in [-0.1, -0.05) is 47.5 Å². The van der Waals surface area contributed by atoms with Gasteiger partial charge in [-0.25, -0.2) is 4.39 Å². The Morgan fingerprint density at radius 2 is 1.84 bits per heavy atom. The average Bonchev–Trinajstić information content (AvgIpc) is 2.69. The summed E-state index contributed by atoms with van der Waals surface area (Å²) in [6.07, 6.45) is -0.137. The normalized spacial score (nSPS) is 10.6. The van der Waals surface area contributed by atoms with Gasteiger partial charge < -0.3 is 15.2 Å².